The standard InChI is InChI=1S/C13H19ClN2O2S2/c1-15-10-11-3-4-12(14)13(9-11)20(17,18)16-5-2-7-19-8-6-16/h3-4,9,15H,2,5-8,10H2,1H3. The number of halogens is 1. The second-order valence-corrected chi connectivity index (χ2v) is 8.20. The van der Waals surface area contributed by atoms with Crippen LogP contribution < -0.4 is 5.32 Å². The van der Waals surface area contributed by atoms with Gasteiger partial charge in [0, 0.05) is 25.4 Å². The summed E-state index contributed by atoms with van der Waals surface area (Å²) in [6.45, 7) is 1.75. The maximum Gasteiger partial charge on any atom is 0.244 e. The van der Waals surface area contributed by atoms with Gasteiger partial charge in [-0.15, -0.1) is 0 Å². The summed E-state index contributed by atoms with van der Waals surface area (Å²) in [5.41, 5.74) is 0.916. The van der Waals surface area contributed by atoms with Gasteiger partial charge in [0.25, 0.3) is 0 Å². The second kappa shape index (κ2) is 7.13. The first-order chi connectivity index (χ1) is 9.55. The fourth-order valence-corrected chi connectivity index (χ4v) is 5.17. The highest BCUT2D eigenvalue weighted by atomic mass is 35.5. The number of sulfonamides is 1. The van der Waals surface area contributed by atoms with Gasteiger partial charge in [-0.3, -0.25) is 0 Å². The van der Waals surface area contributed by atoms with Gasteiger partial charge in [-0.2, -0.15) is 16.1 Å². The second-order valence-electron chi connectivity index (χ2n) is 4.67. The third kappa shape index (κ3) is 3.68. The Labute approximate surface area is 129 Å². The molecule has 1 heterocycles. The SMILES string of the molecule is CNCc1ccc(Cl)c(S(=O)(=O)N2CCCSCC2)c1. The number of benzene rings is 1. The quantitative estimate of drug-likeness (QED) is 0.917. The molecule has 1 aliphatic rings. The Bertz CT molecular complexity index is 555. The van der Waals surface area contributed by atoms with Crippen molar-refractivity contribution < 1.29 is 8.42 Å². The lowest BCUT2D eigenvalue weighted by atomic mass is 10.2. The fraction of sp³-hybridized carbons (Fsp3) is 0.538. The number of thioether (sulfide) groups is 1. The molecule has 1 aromatic carbocycles. The molecule has 20 heavy (non-hydrogen) atoms. The van der Waals surface area contributed by atoms with Crippen molar-refractivity contribution in [2.75, 3.05) is 31.6 Å². The Morgan fingerprint density at radius 2 is 2.15 bits per heavy atom. The van der Waals surface area contributed by atoms with Crippen molar-refractivity contribution in [1.82, 2.24) is 9.62 Å². The Hall–Kier alpha value is -0.270. The van der Waals surface area contributed by atoms with Gasteiger partial charge < -0.3 is 5.32 Å². The number of hydrogen-bond donors (Lipinski definition) is 1. The van der Waals surface area contributed by atoms with Crippen LogP contribution in [0, 0.1) is 0 Å². The number of hydrogen-bond acceptors (Lipinski definition) is 4. The maximum absolute atomic E-state index is 12.7. The molecule has 0 aromatic heterocycles. The third-order valence-electron chi connectivity index (χ3n) is 3.18. The van der Waals surface area contributed by atoms with Gasteiger partial charge in [0.1, 0.15) is 4.90 Å². The molecule has 1 saturated heterocycles. The highest BCUT2D eigenvalue weighted by Crippen LogP contribution is 2.27. The summed E-state index contributed by atoms with van der Waals surface area (Å²) in [5.74, 6) is 1.85. The van der Waals surface area contributed by atoms with E-state index in [1.165, 1.54) is 0 Å². The summed E-state index contributed by atoms with van der Waals surface area (Å²) >= 11 is 7.91. The monoisotopic (exact) mass is 334 g/mol. The molecule has 1 aromatic rings. The topological polar surface area (TPSA) is 49.4 Å². The molecular formula is C13H19ClN2O2S2. The predicted octanol–water partition coefficient (Wildman–Crippen LogP) is 2.19. The third-order valence-corrected chi connectivity index (χ3v) is 6.60. The molecule has 112 valence electrons. The van der Waals surface area contributed by atoms with Crippen LogP contribution in [0.25, 0.3) is 0 Å². The van der Waals surface area contributed by atoms with E-state index in [0.717, 1.165) is 23.5 Å². The van der Waals surface area contributed by atoms with Crippen LogP contribution in [0.1, 0.15) is 12.0 Å². The molecule has 0 saturated carbocycles. The first-order valence-corrected chi connectivity index (χ1v) is 9.54. The van der Waals surface area contributed by atoms with Gasteiger partial charge in [-0.1, -0.05) is 17.7 Å². The largest absolute Gasteiger partial charge is 0.316 e. The lowest BCUT2D eigenvalue weighted by Gasteiger charge is -2.20. The van der Waals surface area contributed by atoms with Crippen LogP contribution in [-0.4, -0.2) is 44.4 Å². The smallest absolute Gasteiger partial charge is 0.244 e. The first kappa shape index (κ1) is 16.1. The van der Waals surface area contributed by atoms with Crippen LogP contribution in [0.4, 0.5) is 0 Å². The predicted molar refractivity (Wildman–Crippen MR) is 84.9 cm³/mol. The van der Waals surface area contributed by atoms with E-state index >= 15 is 0 Å². The Morgan fingerprint density at radius 1 is 1.35 bits per heavy atom. The van der Waals surface area contributed by atoms with Crippen molar-refractivity contribution in [3.05, 3.63) is 28.8 Å². The van der Waals surface area contributed by atoms with E-state index in [9.17, 15) is 8.42 Å². The van der Waals surface area contributed by atoms with Crippen LogP contribution in [-0.2, 0) is 16.6 Å². The molecule has 1 aliphatic heterocycles. The first-order valence-electron chi connectivity index (χ1n) is 6.56. The minimum absolute atomic E-state index is 0.221. The zero-order valence-electron chi connectivity index (χ0n) is 11.4. The van der Waals surface area contributed by atoms with Gasteiger partial charge in [-0.25, -0.2) is 8.42 Å². The summed E-state index contributed by atoms with van der Waals surface area (Å²) in [7, 11) is -1.67. The molecule has 0 unspecified atom stereocenters. The van der Waals surface area contributed by atoms with Crippen molar-refractivity contribution >= 4 is 33.4 Å². The normalized spacial score (nSPS) is 17.9. The van der Waals surface area contributed by atoms with Crippen LogP contribution in [0.5, 0.6) is 0 Å². The summed E-state index contributed by atoms with van der Waals surface area (Å²) in [6.07, 6.45) is 0.887. The Balaban J connectivity index is 2.34. The van der Waals surface area contributed by atoms with E-state index in [1.54, 1.807) is 28.2 Å². The number of rotatable bonds is 4. The number of nitrogens with one attached hydrogen (secondary N) is 1. The van der Waals surface area contributed by atoms with Gasteiger partial charge in [0.15, 0.2) is 0 Å². The van der Waals surface area contributed by atoms with E-state index in [4.69, 9.17) is 11.6 Å². The van der Waals surface area contributed by atoms with E-state index in [2.05, 4.69) is 5.32 Å². The van der Waals surface area contributed by atoms with Crippen molar-refractivity contribution in [1.29, 1.82) is 0 Å². The Morgan fingerprint density at radius 3 is 2.90 bits per heavy atom. The Kier molecular flexibility index (Phi) is 5.74. The molecule has 0 spiro atoms. The van der Waals surface area contributed by atoms with Crippen LogP contribution in [0.2, 0.25) is 5.02 Å². The van der Waals surface area contributed by atoms with Gasteiger partial charge in [-0.05, 0) is 36.9 Å². The average molecular weight is 335 g/mol. The van der Waals surface area contributed by atoms with Gasteiger partial charge in [0.2, 0.25) is 10.0 Å². The molecule has 2 rings (SSSR count). The molecule has 7 heteroatoms. The lowest BCUT2D eigenvalue weighted by Crippen LogP contribution is -2.33. The molecule has 0 atom stereocenters. The number of nitrogens with zero attached hydrogens (tertiary/aromatic N) is 1. The highest BCUT2D eigenvalue weighted by molar-refractivity contribution is 7.99. The molecule has 0 radical (unpaired) electrons. The highest BCUT2D eigenvalue weighted by Gasteiger charge is 2.27. The van der Waals surface area contributed by atoms with Crippen LogP contribution >= 0.6 is 23.4 Å². The van der Waals surface area contributed by atoms with E-state index < -0.39 is 10.0 Å². The van der Waals surface area contributed by atoms with Crippen molar-refractivity contribution in [3.8, 4) is 0 Å². The van der Waals surface area contributed by atoms with E-state index in [-0.39, 0.29) is 4.90 Å². The van der Waals surface area contributed by atoms with Gasteiger partial charge >= 0.3 is 0 Å². The van der Waals surface area contributed by atoms with Gasteiger partial charge in [0.05, 0.1) is 5.02 Å². The van der Waals surface area contributed by atoms with Crippen molar-refractivity contribution in [3.63, 3.8) is 0 Å². The summed E-state index contributed by atoms with van der Waals surface area (Å²) in [4.78, 5) is 0.221. The average Bonchev–Trinajstić information content (AvgIpc) is 2.70. The molecule has 1 N–H and O–H groups in total. The van der Waals surface area contributed by atoms with E-state index in [0.29, 0.717) is 24.7 Å². The van der Waals surface area contributed by atoms with Crippen molar-refractivity contribution in [2.24, 2.45) is 0 Å². The minimum Gasteiger partial charge on any atom is -0.316 e. The van der Waals surface area contributed by atoms with Crippen LogP contribution in [0.3, 0.4) is 0 Å². The summed E-state index contributed by atoms with van der Waals surface area (Å²) in [6, 6.07) is 5.18. The molecule has 0 aliphatic carbocycles. The zero-order valence-corrected chi connectivity index (χ0v) is 13.8. The summed E-state index contributed by atoms with van der Waals surface area (Å²) in [5, 5.41) is 3.31. The van der Waals surface area contributed by atoms with E-state index in [1.807, 2.05) is 13.1 Å². The minimum atomic E-state index is -3.50. The van der Waals surface area contributed by atoms with Crippen molar-refractivity contribution in [2.45, 2.75) is 17.9 Å². The molecule has 0 bridgehead atoms. The summed E-state index contributed by atoms with van der Waals surface area (Å²) < 4.78 is 27.0. The molecule has 4 nitrogen and oxygen atoms in total. The maximum atomic E-state index is 12.7. The zero-order chi connectivity index (χ0) is 14.6. The molecule has 0 amide bonds. The fourth-order valence-electron chi connectivity index (χ4n) is 2.16. The lowest BCUT2D eigenvalue weighted by molar-refractivity contribution is 0.435. The molecule has 1 fully saturated rings. The molecular weight excluding hydrogens is 316 g/mol. The van der Waals surface area contributed by atoms with Crippen LogP contribution in [0.15, 0.2) is 23.1 Å².